The normalized spacial score (nSPS) is 13.6. The first kappa shape index (κ1) is 55.8. The van der Waals surface area contributed by atoms with Gasteiger partial charge in [0.15, 0.2) is 6.10 Å². The number of hydrogen-bond donors (Lipinski definition) is 0. The Bertz CT molecular complexity index is 985. The number of carbonyl (C=O) groups is 2. The number of phosphoric ester groups is 1. The van der Waals surface area contributed by atoms with Crippen molar-refractivity contribution in [1.29, 1.82) is 0 Å². The molecule has 0 aromatic rings. The molecule has 0 N–H and O–H groups in total. The summed E-state index contributed by atoms with van der Waals surface area (Å²) in [5.74, 6) is -0.824. The predicted molar refractivity (Wildman–Crippen MR) is 236 cm³/mol. The van der Waals surface area contributed by atoms with Crippen molar-refractivity contribution < 1.29 is 42.1 Å². The lowest BCUT2D eigenvalue weighted by Crippen LogP contribution is -2.37. The Kier molecular flexibility index (Phi) is 39.3. The monoisotopic (exact) mass is 830 g/mol. The minimum absolute atomic E-state index is 0.0275. The summed E-state index contributed by atoms with van der Waals surface area (Å²) in [6.45, 7) is 4.25. The van der Waals surface area contributed by atoms with Gasteiger partial charge in [-0.2, -0.15) is 0 Å². The number of hydrogen-bond acceptors (Lipinski definition) is 8. The van der Waals surface area contributed by atoms with Crippen LogP contribution in [0.25, 0.3) is 0 Å². The van der Waals surface area contributed by atoms with Crippen LogP contribution in [0.15, 0.2) is 12.2 Å². The summed E-state index contributed by atoms with van der Waals surface area (Å²) < 4.78 is 34.0. The molecule has 0 aliphatic carbocycles. The van der Waals surface area contributed by atoms with Crippen LogP contribution >= 0.6 is 7.82 Å². The second-order valence-electron chi connectivity index (χ2n) is 17.5. The van der Waals surface area contributed by atoms with E-state index in [9.17, 15) is 19.0 Å². The van der Waals surface area contributed by atoms with Gasteiger partial charge in [-0.15, -0.1) is 0 Å². The zero-order valence-corrected chi connectivity index (χ0v) is 38.9. The fourth-order valence-electron chi connectivity index (χ4n) is 6.77. The molecule has 0 aliphatic heterocycles. The largest absolute Gasteiger partial charge is 0.756 e. The molecule has 0 saturated carbocycles. The van der Waals surface area contributed by atoms with Gasteiger partial charge in [-0.25, -0.2) is 0 Å². The van der Waals surface area contributed by atoms with Crippen molar-refractivity contribution >= 4 is 19.8 Å². The Morgan fingerprint density at radius 1 is 0.526 bits per heavy atom. The molecule has 9 nitrogen and oxygen atoms in total. The van der Waals surface area contributed by atoms with Crippen molar-refractivity contribution in [2.75, 3.05) is 47.5 Å². The zero-order chi connectivity index (χ0) is 42.1. The highest BCUT2D eigenvalue weighted by Gasteiger charge is 2.21. The average molecular weight is 830 g/mol. The minimum atomic E-state index is -4.62. The molecule has 0 fully saturated rings. The fourth-order valence-corrected chi connectivity index (χ4v) is 7.50. The van der Waals surface area contributed by atoms with Crippen LogP contribution in [-0.2, 0) is 32.7 Å². The van der Waals surface area contributed by atoms with Gasteiger partial charge in [0, 0.05) is 12.8 Å². The molecule has 0 amide bonds. The van der Waals surface area contributed by atoms with Crippen molar-refractivity contribution in [2.24, 2.45) is 0 Å². The van der Waals surface area contributed by atoms with Gasteiger partial charge in [-0.05, 0) is 38.5 Å². The summed E-state index contributed by atoms with van der Waals surface area (Å²) in [5, 5.41) is 0. The van der Waals surface area contributed by atoms with E-state index in [4.69, 9.17) is 18.5 Å². The van der Waals surface area contributed by atoms with Crippen molar-refractivity contribution in [3.05, 3.63) is 12.2 Å². The van der Waals surface area contributed by atoms with E-state index >= 15 is 0 Å². The number of allylic oxidation sites excluding steroid dienone is 2. The third-order valence-electron chi connectivity index (χ3n) is 10.5. The Morgan fingerprint density at radius 3 is 1.30 bits per heavy atom. The maximum Gasteiger partial charge on any atom is 0.306 e. The molecular formula is C47H92NO8P. The molecule has 57 heavy (non-hydrogen) atoms. The average Bonchev–Trinajstić information content (AvgIpc) is 3.16. The highest BCUT2D eigenvalue weighted by atomic mass is 31.2. The van der Waals surface area contributed by atoms with Crippen molar-refractivity contribution in [1.82, 2.24) is 0 Å². The molecule has 338 valence electrons. The number of carbonyl (C=O) groups excluding carboxylic acids is 2. The molecule has 0 bridgehead atoms. The van der Waals surface area contributed by atoms with Crippen LogP contribution in [0, 0.1) is 0 Å². The van der Waals surface area contributed by atoms with Gasteiger partial charge in [-0.1, -0.05) is 187 Å². The Balaban J connectivity index is 4.23. The Morgan fingerprint density at radius 2 is 0.895 bits per heavy atom. The second kappa shape index (κ2) is 40.2. The van der Waals surface area contributed by atoms with E-state index in [0.717, 1.165) is 38.5 Å². The van der Waals surface area contributed by atoms with E-state index in [1.165, 1.54) is 154 Å². The molecule has 1 unspecified atom stereocenters. The van der Waals surface area contributed by atoms with Gasteiger partial charge < -0.3 is 27.9 Å². The second-order valence-corrected chi connectivity index (χ2v) is 18.9. The van der Waals surface area contributed by atoms with E-state index < -0.39 is 26.5 Å². The van der Waals surface area contributed by atoms with Gasteiger partial charge >= 0.3 is 11.9 Å². The number of ether oxygens (including phenoxy) is 2. The molecular weight excluding hydrogens is 737 g/mol. The SMILES string of the molecule is CCCCCCCC/C=C/CCCCCCCCCCCCCC(=O)O[C@H](COC(=O)CCCCCCCCCCCCCC)COP(=O)([O-])OCC[N+](C)(C)C. The van der Waals surface area contributed by atoms with Gasteiger partial charge in [0.05, 0.1) is 27.7 Å². The highest BCUT2D eigenvalue weighted by Crippen LogP contribution is 2.38. The summed E-state index contributed by atoms with van der Waals surface area (Å²) in [5.41, 5.74) is 0. The maximum atomic E-state index is 12.7. The quantitative estimate of drug-likeness (QED) is 0.0196. The number of esters is 2. The van der Waals surface area contributed by atoms with Crippen molar-refractivity contribution in [3.63, 3.8) is 0 Å². The van der Waals surface area contributed by atoms with Crippen LogP contribution in [0.2, 0.25) is 0 Å². The van der Waals surface area contributed by atoms with Crippen molar-refractivity contribution in [2.45, 2.75) is 232 Å². The number of nitrogens with zero attached hydrogens (tertiary/aromatic N) is 1. The number of phosphoric acid groups is 1. The van der Waals surface area contributed by atoms with Crippen LogP contribution in [-0.4, -0.2) is 70.0 Å². The first-order valence-electron chi connectivity index (χ1n) is 23.9. The molecule has 0 radical (unpaired) electrons. The predicted octanol–water partition coefficient (Wildman–Crippen LogP) is 13.1. The summed E-state index contributed by atoms with van der Waals surface area (Å²) in [6.07, 6.45) is 42.4. The molecule has 2 atom stereocenters. The standard InChI is InChI=1S/C47H92NO8P/c1-6-8-10-12-14-16-18-20-21-22-23-24-25-26-27-28-30-32-34-36-38-40-47(50)56-45(44-55-57(51,52)54-42-41-48(3,4)5)43-53-46(49)39-37-35-33-31-29-19-17-15-13-11-9-7-2/h20-21,45H,6-19,22-44H2,1-5H3/b21-20+/t45-/m1/s1. The fraction of sp³-hybridized carbons (Fsp3) is 0.915. The summed E-state index contributed by atoms with van der Waals surface area (Å²) in [4.78, 5) is 37.6. The topological polar surface area (TPSA) is 111 Å². The van der Waals surface area contributed by atoms with E-state index in [1.807, 2.05) is 21.1 Å². The summed E-state index contributed by atoms with van der Waals surface area (Å²) in [6, 6.07) is 0. The third-order valence-corrected chi connectivity index (χ3v) is 11.5. The number of likely N-dealkylation sites (N-methyl/N-ethyl adjacent to an activating group) is 1. The summed E-state index contributed by atoms with van der Waals surface area (Å²) in [7, 11) is 1.18. The third kappa shape index (κ3) is 44.1. The van der Waals surface area contributed by atoms with Crippen LogP contribution in [0.1, 0.15) is 226 Å². The number of quaternary nitrogens is 1. The van der Waals surface area contributed by atoms with E-state index in [2.05, 4.69) is 26.0 Å². The molecule has 0 saturated heterocycles. The molecule has 0 aromatic carbocycles. The highest BCUT2D eigenvalue weighted by molar-refractivity contribution is 7.45. The molecule has 10 heteroatoms. The molecule has 0 rings (SSSR count). The first-order valence-corrected chi connectivity index (χ1v) is 25.4. The molecule has 0 aromatic heterocycles. The van der Waals surface area contributed by atoms with Gasteiger partial charge in [0.1, 0.15) is 19.8 Å². The lowest BCUT2D eigenvalue weighted by atomic mass is 10.0. The minimum Gasteiger partial charge on any atom is -0.756 e. The molecule has 0 spiro atoms. The van der Waals surface area contributed by atoms with Gasteiger partial charge in [0.25, 0.3) is 7.82 Å². The van der Waals surface area contributed by atoms with Gasteiger partial charge in [0.2, 0.25) is 0 Å². The lowest BCUT2D eigenvalue weighted by Gasteiger charge is -2.28. The van der Waals surface area contributed by atoms with E-state index in [0.29, 0.717) is 17.4 Å². The van der Waals surface area contributed by atoms with E-state index in [1.54, 1.807) is 0 Å². The molecule has 0 aliphatic rings. The van der Waals surface area contributed by atoms with Crippen LogP contribution < -0.4 is 4.89 Å². The first-order chi connectivity index (χ1) is 27.5. The van der Waals surface area contributed by atoms with Gasteiger partial charge in [-0.3, -0.25) is 14.2 Å². The van der Waals surface area contributed by atoms with Crippen LogP contribution in [0.3, 0.4) is 0 Å². The smallest absolute Gasteiger partial charge is 0.306 e. The lowest BCUT2D eigenvalue weighted by molar-refractivity contribution is -0.870. The molecule has 0 heterocycles. The summed E-state index contributed by atoms with van der Waals surface area (Å²) >= 11 is 0. The maximum absolute atomic E-state index is 12.7. The van der Waals surface area contributed by atoms with E-state index in [-0.39, 0.29) is 32.0 Å². The Labute approximate surface area is 352 Å². The van der Waals surface area contributed by atoms with Crippen LogP contribution in [0.4, 0.5) is 0 Å². The number of rotatable bonds is 44. The number of unbranched alkanes of at least 4 members (excludes halogenated alkanes) is 28. The van der Waals surface area contributed by atoms with Crippen LogP contribution in [0.5, 0.6) is 0 Å². The Hall–Kier alpha value is -1.25. The van der Waals surface area contributed by atoms with Crippen molar-refractivity contribution in [3.8, 4) is 0 Å². The zero-order valence-electron chi connectivity index (χ0n) is 38.1.